The van der Waals surface area contributed by atoms with E-state index in [0.29, 0.717) is 0 Å². The maximum atomic E-state index is 11.7. The van der Waals surface area contributed by atoms with Gasteiger partial charge in [0.05, 0.1) is 6.54 Å². The van der Waals surface area contributed by atoms with Gasteiger partial charge in [0.1, 0.15) is 0 Å². The maximum Gasteiger partial charge on any atom is 0.243 e. The average molecular weight is 289 g/mol. The topological polar surface area (TPSA) is 61.4 Å². The highest BCUT2D eigenvalue weighted by Crippen LogP contribution is 2.21. The number of nitrogens with one attached hydrogen (secondary N) is 2. The fourth-order valence-corrected chi connectivity index (χ4v) is 2.31. The molecule has 0 unspecified atom stereocenters. The predicted molar refractivity (Wildman–Crippen MR) is 84.4 cm³/mol. The van der Waals surface area contributed by atoms with Gasteiger partial charge in [0.25, 0.3) is 0 Å². The lowest BCUT2D eigenvalue weighted by Crippen LogP contribution is -2.35. The molecule has 1 aliphatic rings. The molecule has 114 valence electrons. The second kappa shape index (κ2) is 7.11. The summed E-state index contributed by atoms with van der Waals surface area (Å²) in [6, 6.07) is 7.84. The Kier molecular flexibility index (Phi) is 5.20. The summed E-state index contributed by atoms with van der Waals surface area (Å²) in [6.07, 6.45) is 2.49. The summed E-state index contributed by atoms with van der Waals surface area (Å²) in [5.74, 6) is -0.440. The van der Waals surface area contributed by atoms with Crippen LogP contribution in [0.15, 0.2) is 24.3 Å². The summed E-state index contributed by atoms with van der Waals surface area (Å²) in [5.41, 5.74) is 1.94. The van der Waals surface area contributed by atoms with Crippen LogP contribution in [0.3, 0.4) is 0 Å². The second-order valence-corrected chi connectivity index (χ2v) is 5.66. The first-order valence-electron chi connectivity index (χ1n) is 7.49. The molecular formula is C16H23N3O2. The largest absolute Gasteiger partial charge is 0.372 e. The van der Waals surface area contributed by atoms with Crippen molar-refractivity contribution in [2.45, 2.75) is 26.7 Å². The van der Waals surface area contributed by atoms with Gasteiger partial charge in [-0.3, -0.25) is 9.59 Å². The predicted octanol–water partition coefficient (Wildman–Crippen LogP) is 2.00. The minimum absolute atomic E-state index is 0.00485. The number of anilines is 2. The van der Waals surface area contributed by atoms with Crippen molar-refractivity contribution in [3.8, 4) is 0 Å². The molecule has 1 aromatic rings. The van der Waals surface area contributed by atoms with Crippen molar-refractivity contribution in [1.82, 2.24) is 5.32 Å². The summed E-state index contributed by atoms with van der Waals surface area (Å²) in [6.45, 7) is 5.80. The zero-order valence-electron chi connectivity index (χ0n) is 12.7. The molecule has 1 heterocycles. The van der Waals surface area contributed by atoms with Gasteiger partial charge >= 0.3 is 0 Å². The first-order valence-corrected chi connectivity index (χ1v) is 7.49. The number of amides is 2. The van der Waals surface area contributed by atoms with Crippen molar-refractivity contribution >= 4 is 23.2 Å². The van der Waals surface area contributed by atoms with Crippen LogP contribution in [-0.2, 0) is 9.59 Å². The van der Waals surface area contributed by atoms with Crippen LogP contribution in [0, 0.1) is 5.92 Å². The molecule has 2 rings (SSSR count). The fourth-order valence-electron chi connectivity index (χ4n) is 2.31. The highest BCUT2D eigenvalue weighted by Gasteiger charge is 2.12. The molecule has 21 heavy (non-hydrogen) atoms. The fraction of sp³-hybridized carbons (Fsp3) is 0.500. The molecule has 1 fully saturated rings. The molecule has 5 nitrogen and oxygen atoms in total. The lowest BCUT2D eigenvalue weighted by atomic mass is 10.2. The van der Waals surface area contributed by atoms with Gasteiger partial charge in [-0.05, 0) is 37.1 Å². The minimum Gasteiger partial charge on any atom is -0.372 e. The Labute approximate surface area is 125 Å². The van der Waals surface area contributed by atoms with Gasteiger partial charge < -0.3 is 15.5 Å². The Morgan fingerprint density at radius 3 is 2.33 bits per heavy atom. The summed E-state index contributed by atoms with van der Waals surface area (Å²) in [7, 11) is 0. The van der Waals surface area contributed by atoms with Crippen LogP contribution in [0.25, 0.3) is 0 Å². The SMILES string of the molecule is CC(C)C(=O)NCC(=O)Nc1ccc(N2CCCC2)cc1. The number of hydrogen-bond acceptors (Lipinski definition) is 3. The van der Waals surface area contributed by atoms with E-state index in [1.54, 1.807) is 13.8 Å². The standard InChI is InChI=1S/C16H23N3O2/c1-12(2)16(21)17-11-15(20)18-13-5-7-14(8-6-13)19-9-3-4-10-19/h5-8,12H,3-4,9-11H2,1-2H3,(H,17,21)(H,18,20). The third-order valence-corrected chi connectivity index (χ3v) is 3.57. The van der Waals surface area contributed by atoms with E-state index in [-0.39, 0.29) is 24.3 Å². The molecule has 0 spiro atoms. The normalized spacial score (nSPS) is 14.3. The smallest absolute Gasteiger partial charge is 0.243 e. The number of nitrogens with zero attached hydrogens (tertiary/aromatic N) is 1. The van der Waals surface area contributed by atoms with Gasteiger partial charge in [0.2, 0.25) is 11.8 Å². The lowest BCUT2D eigenvalue weighted by molar-refractivity contribution is -0.126. The zero-order chi connectivity index (χ0) is 15.2. The summed E-state index contributed by atoms with van der Waals surface area (Å²) in [5, 5.41) is 5.38. The number of carbonyl (C=O) groups is 2. The molecule has 0 saturated carbocycles. The van der Waals surface area contributed by atoms with Gasteiger partial charge in [0.15, 0.2) is 0 Å². The highest BCUT2D eigenvalue weighted by atomic mass is 16.2. The Morgan fingerprint density at radius 2 is 1.76 bits per heavy atom. The average Bonchev–Trinajstić information content (AvgIpc) is 2.99. The van der Waals surface area contributed by atoms with Gasteiger partial charge in [-0.1, -0.05) is 13.8 Å². The number of hydrogen-bond donors (Lipinski definition) is 2. The molecule has 0 aromatic heterocycles. The zero-order valence-corrected chi connectivity index (χ0v) is 12.7. The molecule has 1 aromatic carbocycles. The van der Waals surface area contributed by atoms with Crippen LogP contribution in [0.1, 0.15) is 26.7 Å². The van der Waals surface area contributed by atoms with Crippen molar-refractivity contribution in [3.05, 3.63) is 24.3 Å². The van der Waals surface area contributed by atoms with Crippen molar-refractivity contribution in [2.75, 3.05) is 29.9 Å². The molecular weight excluding hydrogens is 266 g/mol. The van der Waals surface area contributed by atoms with Crippen LogP contribution in [0.2, 0.25) is 0 Å². The van der Waals surface area contributed by atoms with Crippen molar-refractivity contribution in [1.29, 1.82) is 0 Å². The van der Waals surface area contributed by atoms with Crippen LogP contribution in [-0.4, -0.2) is 31.4 Å². The number of benzene rings is 1. The first kappa shape index (κ1) is 15.4. The van der Waals surface area contributed by atoms with Gasteiger partial charge in [0, 0.05) is 30.4 Å². The molecule has 0 atom stereocenters. The second-order valence-electron chi connectivity index (χ2n) is 5.66. The van der Waals surface area contributed by atoms with E-state index < -0.39 is 0 Å². The Morgan fingerprint density at radius 1 is 1.14 bits per heavy atom. The molecule has 5 heteroatoms. The quantitative estimate of drug-likeness (QED) is 0.871. The Bertz CT molecular complexity index is 491. The number of rotatable bonds is 5. The van der Waals surface area contributed by atoms with E-state index in [1.165, 1.54) is 18.5 Å². The van der Waals surface area contributed by atoms with E-state index in [0.717, 1.165) is 18.8 Å². The van der Waals surface area contributed by atoms with Crippen molar-refractivity contribution in [2.24, 2.45) is 5.92 Å². The van der Waals surface area contributed by atoms with Gasteiger partial charge in [-0.15, -0.1) is 0 Å². The van der Waals surface area contributed by atoms with E-state index in [1.807, 2.05) is 24.3 Å². The van der Waals surface area contributed by atoms with Gasteiger partial charge in [-0.25, -0.2) is 0 Å². The molecule has 2 N–H and O–H groups in total. The number of carbonyl (C=O) groups excluding carboxylic acids is 2. The third-order valence-electron chi connectivity index (χ3n) is 3.57. The van der Waals surface area contributed by atoms with Gasteiger partial charge in [-0.2, -0.15) is 0 Å². The molecule has 2 amide bonds. The van der Waals surface area contributed by atoms with E-state index in [4.69, 9.17) is 0 Å². The van der Waals surface area contributed by atoms with E-state index in [2.05, 4.69) is 15.5 Å². The highest BCUT2D eigenvalue weighted by molar-refractivity contribution is 5.94. The Hall–Kier alpha value is -2.04. The maximum absolute atomic E-state index is 11.7. The first-order chi connectivity index (χ1) is 10.1. The van der Waals surface area contributed by atoms with E-state index in [9.17, 15) is 9.59 Å². The lowest BCUT2D eigenvalue weighted by Gasteiger charge is -2.17. The van der Waals surface area contributed by atoms with Crippen LogP contribution < -0.4 is 15.5 Å². The minimum atomic E-state index is -0.210. The van der Waals surface area contributed by atoms with Crippen molar-refractivity contribution < 1.29 is 9.59 Å². The Balaban J connectivity index is 1.82. The third kappa shape index (κ3) is 4.48. The molecule has 0 radical (unpaired) electrons. The van der Waals surface area contributed by atoms with Crippen LogP contribution in [0.5, 0.6) is 0 Å². The molecule has 1 saturated heterocycles. The van der Waals surface area contributed by atoms with Crippen LogP contribution >= 0.6 is 0 Å². The monoisotopic (exact) mass is 289 g/mol. The molecule has 0 bridgehead atoms. The summed E-state index contributed by atoms with van der Waals surface area (Å²) < 4.78 is 0. The summed E-state index contributed by atoms with van der Waals surface area (Å²) in [4.78, 5) is 25.5. The molecule has 0 aliphatic carbocycles. The van der Waals surface area contributed by atoms with E-state index >= 15 is 0 Å². The van der Waals surface area contributed by atoms with Crippen molar-refractivity contribution in [3.63, 3.8) is 0 Å². The summed E-state index contributed by atoms with van der Waals surface area (Å²) >= 11 is 0. The molecule has 1 aliphatic heterocycles. The van der Waals surface area contributed by atoms with Crippen LogP contribution in [0.4, 0.5) is 11.4 Å².